The van der Waals surface area contributed by atoms with Crippen molar-refractivity contribution in [3.63, 3.8) is 0 Å². The van der Waals surface area contributed by atoms with Crippen LogP contribution >= 0.6 is 22.3 Å². The molecule has 1 fully saturated rings. The number of nitrogens with zero attached hydrogens (tertiary/aromatic N) is 1. The number of amides is 1. The molecule has 19 heavy (non-hydrogen) atoms. The minimum atomic E-state index is -3.56. The molecule has 0 aromatic heterocycles. The van der Waals surface area contributed by atoms with Crippen LogP contribution in [0.2, 0.25) is 5.02 Å². The summed E-state index contributed by atoms with van der Waals surface area (Å²) in [6.45, 7) is 0.857. The molecule has 4 nitrogen and oxygen atoms in total. The molecule has 0 radical (unpaired) electrons. The Morgan fingerprint density at radius 2 is 2.11 bits per heavy atom. The number of rotatable bonds is 4. The zero-order valence-corrected chi connectivity index (χ0v) is 12.4. The normalized spacial score (nSPS) is 20.0. The molecule has 2 rings (SSSR count). The SMILES string of the molecule is O=C1CC(CS(=O)(=O)Cl)CN1Cc1cccc(Cl)c1. The Morgan fingerprint density at radius 3 is 2.74 bits per heavy atom. The van der Waals surface area contributed by atoms with E-state index in [9.17, 15) is 13.2 Å². The van der Waals surface area contributed by atoms with E-state index >= 15 is 0 Å². The highest BCUT2D eigenvalue weighted by Crippen LogP contribution is 2.23. The third-order valence-corrected chi connectivity index (χ3v) is 4.47. The first-order chi connectivity index (χ1) is 8.83. The fourth-order valence-corrected chi connectivity index (χ4v) is 3.79. The number of carbonyl (C=O) groups excluding carboxylic acids is 1. The molecule has 0 saturated carbocycles. The van der Waals surface area contributed by atoms with Crippen LogP contribution in [0, 0.1) is 5.92 Å². The van der Waals surface area contributed by atoms with Crippen molar-refractivity contribution < 1.29 is 13.2 Å². The summed E-state index contributed by atoms with van der Waals surface area (Å²) < 4.78 is 22.0. The van der Waals surface area contributed by atoms with Crippen LogP contribution in [0.25, 0.3) is 0 Å². The van der Waals surface area contributed by atoms with E-state index in [1.54, 1.807) is 17.0 Å². The highest BCUT2D eigenvalue weighted by atomic mass is 35.7. The Labute approximate surface area is 121 Å². The summed E-state index contributed by atoms with van der Waals surface area (Å²) in [6, 6.07) is 7.25. The zero-order chi connectivity index (χ0) is 14.0. The Morgan fingerprint density at radius 1 is 1.37 bits per heavy atom. The lowest BCUT2D eigenvalue weighted by Gasteiger charge is -2.16. The summed E-state index contributed by atoms with van der Waals surface area (Å²) in [5.41, 5.74) is 0.926. The molecule has 7 heteroatoms. The van der Waals surface area contributed by atoms with Crippen LogP contribution in [0.15, 0.2) is 24.3 Å². The van der Waals surface area contributed by atoms with Gasteiger partial charge >= 0.3 is 0 Å². The lowest BCUT2D eigenvalue weighted by molar-refractivity contribution is -0.128. The van der Waals surface area contributed by atoms with E-state index in [-0.39, 0.29) is 24.0 Å². The van der Waals surface area contributed by atoms with Gasteiger partial charge in [-0.2, -0.15) is 0 Å². The average molecular weight is 322 g/mol. The van der Waals surface area contributed by atoms with Crippen LogP contribution in [0.5, 0.6) is 0 Å². The molecule has 1 amide bonds. The maximum absolute atomic E-state index is 11.8. The molecule has 0 N–H and O–H groups in total. The van der Waals surface area contributed by atoms with E-state index in [0.717, 1.165) is 5.56 Å². The van der Waals surface area contributed by atoms with Crippen LogP contribution < -0.4 is 0 Å². The van der Waals surface area contributed by atoms with Gasteiger partial charge in [-0.25, -0.2) is 8.42 Å². The molecule has 1 aliphatic heterocycles. The van der Waals surface area contributed by atoms with Crippen molar-refractivity contribution in [1.82, 2.24) is 4.90 Å². The second kappa shape index (κ2) is 5.69. The molecule has 1 unspecified atom stereocenters. The molecule has 1 aromatic carbocycles. The Bertz CT molecular complexity index is 588. The molecule has 0 aliphatic carbocycles. The average Bonchev–Trinajstić information content (AvgIpc) is 2.56. The minimum absolute atomic E-state index is 0.0507. The number of halogens is 2. The van der Waals surface area contributed by atoms with Crippen molar-refractivity contribution in [1.29, 1.82) is 0 Å². The van der Waals surface area contributed by atoms with Gasteiger partial charge < -0.3 is 4.90 Å². The Kier molecular flexibility index (Phi) is 4.38. The predicted octanol–water partition coefficient (Wildman–Crippen LogP) is 2.26. The molecule has 0 spiro atoms. The van der Waals surface area contributed by atoms with E-state index in [0.29, 0.717) is 18.1 Å². The predicted molar refractivity (Wildman–Crippen MR) is 74.6 cm³/mol. The standard InChI is InChI=1S/C12H13Cl2NO3S/c13-11-3-1-2-9(4-11)6-15-7-10(5-12(15)16)8-19(14,17)18/h1-4,10H,5-8H2. The summed E-state index contributed by atoms with van der Waals surface area (Å²) in [6.07, 6.45) is 0.229. The first-order valence-electron chi connectivity index (χ1n) is 5.78. The fraction of sp³-hybridized carbons (Fsp3) is 0.417. The largest absolute Gasteiger partial charge is 0.338 e. The zero-order valence-electron chi connectivity index (χ0n) is 10.1. The highest BCUT2D eigenvalue weighted by Gasteiger charge is 2.32. The number of hydrogen-bond acceptors (Lipinski definition) is 3. The Balaban J connectivity index is 2.01. The summed E-state index contributed by atoms with van der Waals surface area (Å²) in [5, 5.41) is 0.615. The van der Waals surface area contributed by atoms with Crippen LogP contribution in [-0.2, 0) is 20.4 Å². The molecule has 0 bridgehead atoms. The van der Waals surface area contributed by atoms with Crippen molar-refractivity contribution in [2.75, 3.05) is 12.3 Å². The molecule has 1 saturated heterocycles. The number of carbonyl (C=O) groups is 1. The van der Waals surface area contributed by atoms with E-state index in [1.165, 1.54) is 0 Å². The first kappa shape index (κ1) is 14.6. The maximum Gasteiger partial charge on any atom is 0.232 e. The molecule has 1 atom stereocenters. The van der Waals surface area contributed by atoms with Gasteiger partial charge in [0.1, 0.15) is 0 Å². The molecule has 1 heterocycles. The van der Waals surface area contributed by atoms with Gasteiger partial charge in [-0.15, -0.1) is 0 Å². The van der Waals surface area contributed by atoms with Gasteiger partial charge in [-0.1, -0.05) is 23.7 Å². The van der Waals surface area contributed by atoms with Crippen molar-refractivity contribution >= 4 is 37.2 Å². The van der Waals surface area contributed by atoms with Crippen molar-refractivity contribution in [3.8, 4) is 0 Å². The smallest absolute Gasteiger partial charge is 0.232 e. The molecule has 104 valence electrons. The minimum Gasteiger partial charge on any atom is -0.338 e. The molecular formula is C12H13Cl2NO3S. The van der Waals surface area contributed by atoms with E-state index in [4.69, 9.17) is 22.3 Å². The van der Waals surface area contributed by atoms with Crippen LogP contribution in [0.4, 0.5) is 0 Å². The first-order valence-corrected chi connectivity index (χ1v) is 8.64. The topological polar surface area (TPSA) is 54.5 Å². The third kappa shape index (κ3) is 4.37. The number of hydrogen-bond donors (Lipinski definition) is 0. The number of benzene rings is 1. The van der Waals surface area contributed by atoms with Gasteiger partial charge in [0.25, 0.3) is 0 Å². The third-order valence-electron chi connectivity index (χ3n) is 2.99. The number of likely N-dealkylation sites (tertiary alicyclic amines) is 1. The van der Waals surface area contributed by atoms with Crippen LogP contribution in [0.3, 0.4) is 0 Å². The van der Waals surface area contributed by atoms with Crippen molar-refractivity contribution in [2.24, 2.45) is 5.92 Å². The van der Waals surface area contributed by atoms with E-state index in [2.05, 4.69) is 0 Å². The second-order valence-electron chi connectivity index (χ2n) is 4.68. The second-order valence-corrected chi connectivity index (χ2v) is 7.94. The van der Waals surface area contributed by atoms with E-state index in [1.807, 2.05) is 12.1 Å². The lowest BCUT2D eigenvalue weighted by Crippen LogP contribution is -2.25. The van der Waals surface area contributed by atoms with Crippen molar-refractivity contribution in [3.05, 3.63) is 34.9 Å². The maximum atomic E-state index is 11.8. The van der Waals surface area contributed by atoms with Gasteiger partial charge in [0.2, 0.25) is 15.0 Å². The van der Waals surface area contributed by atoms with E-state index < -0.39 is 9.05 Å². The summed E-state index contributed by atoms with van der Waals surface area (Å²) in [5.74, 6) is -0.439. The summed E-state index contributed by atoms with van der Waals surface area (Å²) in [4.78, 5) is 13.5. The van der Waals surface area contributed by atoms with Gasteiger partial charge in [0.15, 0.2) is 0 Å². The van der Waals surface area contributed by atoms with Crippen molar-refractivity contribution in [2.45, 2.75) is 13.0 Å². The molecule has 1 aliphatic rings. The van der Waals surface area contributed by atoms with Gasteiger partial charge in [0, 0.05) is 41.1 Å². The monoisotopic (exact) mass is 321 g/mol. The summed E-state index contributed by atoms with van der Waals surface area (Å²) in [7, 11) is 1.65. The van der Waals surface area contributed by atoms with Crippen LogP contribution in [0.1, 0.15) is 12.0 Å². The van der Waals surface area contributed by atoms with Gasteiger partial charge in [-0.3, -0.25) is 4.79 Å². The van der Waals surface area contributed by atoms with Gasteiger partial charge in [-0.05, 0) is 17.7 Å². The molecule has 1 aromatic rings. The summed E-state index contributed by atoms with van der Waals surface area (Å²) >= 11 is 5.88. The highest BCUT2D eigenvalue weighted by molar-refractivity contribution is 8.13. The fourth-order valence-electron chi connectivity index (χ4n) is 2.26. The van der Waals surface area contributed by atoms with Crippen LogP contribution in [-0.4, -0.2) is 31.5 Å². The Hall–Kier alpha value is -0.780. The lowest BCUT2D eigenvalue weighted by atomic mass is 10.1. The van der Waals surface area contributed by atoms with Gasteiger partial charge in [0.05, 0.1) is 5.75 Å². The quantitative estimate of drug-likeness (QED) is 0.799. The molecular weight excluding hydrogens is 309 g/mol.